The third-order valence-corrected chi connectivity index (χ3v) is 2.57. The van der Waals surface area contributed by atoms with Crippen LogP contribution < -0.4 is 5.32 Å². The van der Waals surface area contributed by atoms with Gasteiger partial charge in [0.15, 0.2) is 0 Å². The van der Waals surface area contributed by atoms with Crippen molar-refractivity contribution >= 4 is 29.2 Å². The van der Waals surface area contributed by atoms with Crippen LogP contribution in [0.3, 0.4) is 0 Å². The Labute approximate surface area is 112 Å². The molecule has 9 heteroatoms. The fraction of sp³-hybridized carbons (Fsp3) is 0.300. The Morgan fingerprint density at radius 1 is 1.63 bits per heavy atom. The SMILES string of the molecule is CC(CNC(=O)c1ccnc(Cl)c1[N+](=O)[O-])C(=O)O. The van der Waals surface area contributed by atoms with Crippen molar-refractivity contribution in [3.8, 4) is 0 Å². The minimum Gasteiger partial charge on any atom is -0.481 e. The van der Waals surface area contributed by atoms with Crippen LogP contribution >= 0.6 is 11.6 Å². The van der Waals surface area contributed by atoms with Gasteiger partial charge in [-0.15, -0.1) is 0 Å². The van der Waals surface area contributed by atoms with E-state index in [1.807, 2.05) is 0 Å². The van der Waals surface area contributed by atoms with Gasteiger partial charge in [-0.1, -0.05) is 18.5 Å². The second-order valence-electron chi connectivity index (χ2n) is 3.70. The molecule has 0 aromatic carbocycles. The molecule has 0 aliphatic carbocycles. The van der Waals surface area contributed by atoms with Gasteiger partial charge < -0.3 is 10.4 Å². The Balaban J connectivity index is 2.92. The van der Waals surface area contributed by atoms with Crippen LogP contribution in [-0.4, -0.2) is 33.4 Å². The summed E-state index contributed by atoms with van der Waals surface area (Å²) >= 11 is 5.55. The Kier molecular flexibility index (Phi) is 4.76. The number of carboxylic acid groups (broad SMARTS) is 1. The maximum atomic E-state index is 11.8. The van der Waals surface area contributed by atoms with Crippen molar-refractivity contribution in [2.45, 2.75) is 6.92 Å². The van der Waals surface area contributed by atoms with Gasteiger partial charge in [0.25, 0.3) is 5.91 Å². The Hall–Kier alpha value is -2.22. The van der Waals surface area contributed by atoms with Gasteiger partial charge in [0.2, 0.25) is 5.15 Å². The first-order valence-corrected chi connectivity index (χ1v) is 5.52. The van der Waals surface area contributed by atoms with Crippen molar-refractivity contribution in [3.05, 3.63) is 33.1 Å². The zero-order chi connectivity index (χ0) is 14.6. The molecule has 0 radical (unpaired) electrons. The number of amides is 1. The molecule has 1 amide bonds. The average molecular weight is 288 g/mol. The number of rotatable bonds is 5. The van der Waals surface area contributed by atoms with Crippen LogP contribution in [0.2, 0.25) is 5.15 Å². The molecule has 19 heavy (non-hydrogen) atoms. The molecule has 0 saturated heterocycles. The molecular formula is C10H10ClN3O5. The zero-order valence-electron chi connectivity index (χ0n) is 9.79. The van der Waals surface area contributed by atoms with Crippen molar-refractivity contribution in [2.24, 2.45) is 5.92 Å². The summed E-state index contributed by atoms with van der Waals surface area (Å²) in [5.41, 5.74) is -0.868. The van der Waals surface area contributed by atoms with E-state index in [9.17, 15) is 19.7 Å². The molecule has 8 nitrogen and oxygen atoms in total. The van der Waals surface area contributed by atoms with E-state index in [4.69, 9.17) is 16.7 Å². The first kappa shape index (κ1) is 14.8. The number of carboxylic acids is 1. The number of nitro groups is 1. The molecule has 1 heterocycles. The minimum absolute atomic E-state index is 0.148. The monoisotopic (exact) mass is 287 g/mol. The van der Waals surface area contributed by atoms with Gasteiger partial charge in [-0.25, -0.2) is 4.98 Å². The second-order valence-corrected chi connectivity index (χ2v) is 4.06. The molecule has 1 atom stereocenters. The van der Waals surface area contributed by atoms with Crippen LogP contribution in [0.5, 0.6) is 0 Å². The molecule has 1 unspecified atom stereocenters. The second kappa shape index (κ2) is 6.10. The number of halogens is 1. The van der Waals surface area contributed by atoms with E-state index in [1.165, 1.54) is 6.92 Å². The van der Waals surface area contributed by atoms with E-state index in [2.05, 4.69) is 10.3 Å². The molecular weight excluding hydrogens is 278 g/mol. The van der Waals surface area contributed by atoms with Crippen LogP contribution in [0.1, 0.15) is 17.3 Å². The third-order valence-electron chi connectivity index (χ3n) is 2.30. The first-order valence-electron chi connectivity index (χ1n) is 5.14. The zero-order valence-corrected chi connectivity index (χ0v) is 10.5. The van der Waals surface area contributed by atoms with E-state index in [0.717, 1.165) is 12.3 Å². The van der Waals surface area contributed by atoms with Crippen LogP contribution in [0.15, 0.2) is 12.3 Å². The van der Waals surface area contributed by atoms with Crippen molar-refractivity contribution in [3.63, 3.8) is 0 Å². The molecule has 0 saturated carbocycles. The lowest BCUT2D eigenvalue weighted by molar-refractivity contribution is -0.385. The lowest BCUT2D eigenvalue weighted by Gasteiger charge is -2.08. The maximum absolute atomic E-state index is 11.8. The topological polar surface area (TPSA) is 122 Å². The highest BCUT2D eigenvalue weighted by Gasteiger charge is 2.25. The fourth-order valence-corrected chi connectivity index (χ4v) is 1.44. The van der Waals surface area contributed by atoms with Gasteiger partial charge in [-0.2, -0.15) is 0 Å². The summed E-state index contributed by atoms with van der Waals surface area (Å²) in [7, 11) is 0. The predicted molar refractivity (Wildman–Crippen MR) is 65.0 cm³/mol. The lowest BCUT2D eigenvalue weighted by Crippen LogP contribution is -2.31. The van der Waals surface area contributed by atoms with E-state index < -0.39 is 33.6 Å². The number of aliphatic carboxylic acids is 1. The first-order chi connectivity index (χ1) is 8.84. The lowest BCUT2D eigenvalue weighted by atomic mass is 10.1. The molecule has 1 aromatic heterocycles. The average Bonchev–Trinajstić information content (AvgIpc) is 2.34. The van der Waals surface area contributed by atoms with Crippen LogP contribution in [0.4, 0.5) is 5.69 Å². The maximum Gasteiger partial charge on any atom is 0.319 e. The molecule has 0 aliphatic rings. The highest BCUT2D eigenvalue weighted by atomic mass is 35.5. The quantitative estimate of drug-likeness (QED) is 0.475. The summed E-state index contributed by atoms with van der Waals surface area (Å²) < 4.78 is 0. The van der Waals surface area contributed by atoms with Crippen molar-refractivity contribution in [2.75, 3.05) is 6.54 Å². The number of carbonyl (C=O) groups excluding carboxylic acids is 1. The number of pyridine rings is 1. The smallest absolute Gasteiger partial charge is 0.319 e. The van der Waals surface area contributed by atoms with Crippen molar-refractivity contribution in [1.82, 2.24) is 10.3 Å². The molecule has 2 N–H and O–H groups in total. The summed E-state index contributed by atoms with van der Waals surface area (Å²) in [6, 6.07) is 1.14. The van der Waals surface area contributed by atoms with Gasteiger partial charge in [-0.05, 0) is 6.07 Å². The summed E-state index contributed by atoms with van der Waals surface area (Å²) in [5, 5.41) is 21.4. The number of aromatic nitrogens is 1. The normalized spacial score (nSPS) is 11.7. The van der Waals surface area contributed by atoms with E-state index in [-0.39, 0.29) is 12.1 Å². The van der Waals surface area contributed by atoms with E-state index >= 15 is 0 Å². The summed E-state index contributed by atoms with van der Waals surface area (Å²) in [5.74, 6) is -2.66. The molecule has 0 spiro atoms. The highest BCUT2D eigenvalue weighted by molar-refractivity contribution is 6.32. The summed E-state index contributed by atoms with van der Waals surface area (Å²) in [6.45, 7) is 1.25. The Morgan fingerprint density at radius 3 is 2.79 bits per heavy atom. The fourth-order valence-electron chi connectivity index (χ4n) is 1.21. The Bertz CT molecular complexity index is 534. The van der Waals surface area contributed by atoms with Crippen molar-refractivity contribution < 1.29 is 19.6 Å². The number of hydrogen-bond donors (Lipinski definition) is 2. The molecule has 102 valence electrons. The molecule has 0 bridgehead atoms. The number of hydrogen-bond acceptors (Lipinski definition) is 5. The van der Waals surface area contributed by atoms with E-state index in [0.29, 0.717) is 0 Å². The molecule has 0 fully saturated rings. The number of carbonyl (C=O) groups is 2. The largest absolute Gasteiger partial charge is 0.481 e. The van der Waals surface area contributed by atoms with Gasteiger partial charge >= 0.3 is 11.7 Å². The van der Waals surface area contributed by atoms with E-state index in [1.54, 1.807) is 0 Å². The Morgan fingerprint density at radius 2 is 2.26 bits per heavy atom. The van der Waals surface area contributed by atoms with Gasteiger partial charge in [-0.3, -0.25) is 19.7 Å². The van der Waals surface area contributed by atoms with Crippen LogP contribution in [0, 0.1) is 16.0 Å². The standard InChI is InChI=1S/C10H10ClN3O5/c1-5(10(16)17)4-13-9(15)6-2-3-12-8(11)7(6)14(18)19/h2-3,5H,4H2,1H3,(H,13,15)(H,16,17). The highest BCUT2D eigenvalue weighted by Crippen LogP contribution is 2.25. The predicted octanol–water partition coefficient (Wildman–Crippen LogP) is 1.09. The van der Waals surface area contributed by atoms with Gasteiger partial charge in [0.1, 0.15) is 5.56 Å². The minimum atomic E-state index is -1.08. The number of nitrogens with zero attached hydrogens (tertiary/aromatic N) is 2. The third kappa shape index (κ3) is 3.62. The van der Waals surface area contributed by atoms with Crippen LogP contribution in [0.25, 0.3) is 0 Å². The van der Waals surface area contributed by atoms with Gasteiger partial charge in [0, 0.05) is 12.7 Å². The molecule has 0 aliphatic heterocycles. The molecule has 1 rings (SSSR count). The van der Waals surface area contributed by atoms with Gasteiger partial charge in [0.05, 0.1) is 10.8 Å². The number of nitrogens with one attached hydrogen (secondary N) is 1. The van der Waals surface area contributed by atoms with Crippen LogP contribution in [-0.2, 0) is 4.79 Å². The summed E-state index contributed by atoms with van der Waals surface area (Å²) in [6.07, 6.45) is 1.16. The molecule has 1 aromatic rings. The summed E-state index contributed by atoms with van der Waals surface area (Å²) in [4.78, 5) is 35.8. The van der Waals surface area contributed by atoms with Crippen molar-refractivity contribution in [1.29, 1.82) is 0 Å².